The van der Waals surface area contributed by atoms with Gasteiger partial charge in [0.2, 0.25) is 0 Å². The zero-order valence-corrected chi connectivity index (χ0v) is 11.9. The Labute approximate surface area is 125 Å². The van der Waals surface area contributed by atoms with E-state index in [1.54, 1.807) is 18.3 Å². The Bertz CT molecular complexity index is 994. The van der Waals surface area contributed by atoms with E-state index < -0.39 is 5.97 Å². The number of aromatic nitrogens is 3. The molecule has 4 aromatic rings. The fourth-order valence-corrected chi connectivity index (χ4v) is 2.86. The zero-order chi connectivity index (χ0) is 15.3. The van der Waals surface area contributed by atoms with Crippen LogP contribution < -0.4 is 0 Å². The van der Waals surface area contributed by atoms with Gasteiger partial charge in [-0.3, -0.25) is 4.98 Å². The third-order valence-electron chi connectivity index (χ3n) is 3.95. The molecule has 0 saturated carbocycles. The van der Waals surface area contributed by atoms with E-state index in [1.807, 2.05) is 42.2 Å². The summed E-state index contributed by atoms with van der Waals surface area (Å²) >= 11 is 0. The van der Waals surface area contributed by atoms with Gasteiger partial charge >= 0.3 is 5.97 Å². The Morgan fingerprint density at radius 3 is 2.91 bits per heavy atom. The number of carboxylic acid groups (broad SMARTS) is 1. The number of nitrogens with one attached hydrogen (secondary N) is 1. The van der Waals surface area contributed by atoms with Gasteiger partial charge in [-0.1, -0.05) is 0 Å². The van der Waals surface area contributed by atoms with Crippen LogP contribution in [-0.2, 0) is 7.05 Å². The van der Waals surface area contributed by atoms with Crippen LogP contribution in [0.2, 0.25) is 0 Å². The van der Waals surface area contributed by atoms with E-state index in [2.05, 4.69) is 9.97 Å². The van der Waals surface area contributed by atoms with Crippen LogP contribution in [0.4, 0.5) is 0 Å². The van der Waals surface area contributed by atoms with Crippen LogP contribution in [0, 0.1) is 0 Å². The van der Waals surface area contributed by atoms with E-state index >= 15 is 0 Å². The molecule has 0 radical (unpaired) electrons. The molecule has 4 rings (SSSR count). The first-order chi connectivity index (χ1) is 10.6. The molecule has 0 saturated heterocycles. The van der Waals surface area contributed by atoms with E-state index in [9.17, 15) is 9.90 Å². The molecule has 1 aromatic carbocycles. The lowest BCUT2D eigenvalue weighted by Gasteiger charge is -1.99. The summed E-state index contributed by atoms with van der Waals surface area (Å²) < 4.78 is 2.00. The van der Waals surface area contributed by atoms with Gasteiger partial charge in [0.1, 0.15) is 0 Å². The van der Waals surface area contributed by atoms with Gasteiger partial charge in [0, 0.05) is 58.7 Å². The minimum atomic E-state index is -0.919. The number of hydrogen-bond donors (Lipinski definition) is 2. The topological polar surface area (TPSA) is 70.9 Å². The molecule has 2 N–H and O–H groups in total. The Morgan fingerprint density at radius 2 is 2.14 bits per heavy atom. The lowest BCUT2D eigenvalue weighted by atomic mass is 10.1. The monoisotopic (exact) mass is 291 g/mol. The first-order valence-corrected chi connectivity index (χ1v) is 6.89. The molecular weight excluding hydrogens is 278 g/mol. The Morgan fingerprint density at radius 1 is 1.27 bits per heavy atom. The minimum absolute atomic E-state index is 0.290. The number of hydrogen-bond acceptors (Lipinski definition) is 2. The Hall–Kier alpha value is -3.08. The molecule has 5 nitrogen and oxygen atoms in total. The van der Waals surface area contributed by atoms with Gasteiger partial charge in [-0.05, 0) is 30.3 Å². The lowest BCUT2D eigenvalue weighted by molar-refractivity contribution is 0.0697. The van der Waals surface area contributed by atoms with Crippen molar-refractivity contribution in [1.82, 2.24) is 14.5 Å². The largest absolute Gasteiger partial charge is 0.478 e. The van der Waals surface area contributed by atoms with Crippen LogP contribution in [0.5, 0.6) is 0 Å². The summed E-state index contributed by atoms with van der Waals surface area (Å²) in [7, 11) is 1.95. The molecule has 0 aliphatic rings. The fourth-order valence-electron chi connectivity index (χ4n) is 2.86. The molecule has 3 heterocycles. The summed E-state index contributed by atoms with van der Waals surface area (Å²) in [6, 6.07) is 9.14. The molecule has 3 aromatic heterocycles. The van der Waals surface area contributed by atoms with Crippen molar-refractivity contribution in [3.63, 3.8) is 0 Å². The summed E-state index contributed by atoms with van der Waals surface area (Å²) in [5.41, 5.74) is 4.24. The molecule has 0 aliphatic carbocycles. The van der Waals surface area contributed by atoms with Crippen molar-refractivity contribution in [2.75, 3.05) is 0 Å². The number of benzene rings is 1. The summed E-state index contributed by atoms with van der Waals surface area (Å²) in [5.74, 6) is -0.919. The molecule has 0 aliphatic heterocycles. The summed E-state index contributed by atoms with van der Waals surface area (Å²) in [4.78, 5) is 18.7. The van der Waals surface area contributed by atoms with Crippen molar-refractivity contribution in [3.05, 3.63) is 54.5 Å². The second-order valence-corrected chi connectivity index (χ2v) is 5.34. The number of nitrogens with zero attached hydrogens (tertiary/aromatic N) is 2. The maximum Gasteiger partial charge on any atom is 0.335 e. The van der Waals surface area contributed by atoms with Gasteiger partial charge in [-0.15, -0.1) is 0 Å². The molecule has 0 unspecified atom stereocenters. The molecule has 0 bridgehead atoms. The molecule has 0 atom stereocenters. The highest BCUT2D eigenvalue weighted by Crippen LogP contribution is 2.32. The maximum atomic E-state index is 11.2. The third kappa shape index (κ3) is 1.79. The van der Waals surface area contributed by atoms with Crippen molar-refractivity contribution in [1.29, 1.82) is 0 Å². The van der Waals surface area contributed by atoms with Gasteiger partial charge in [0.05, 0.1) is 5.56 Å². The van der Waals surface area contributed by atoms with Crippen molar-refractivity contribution in [2.45, 2.75) is 0 Å². The number of pyridine rings is 1. The third-order valence-corrected chi connectivity index (χ3v) is 3.95. The number of carbonyl (C=O) groups is 1. The zero-order valence-electron chi connectivity index (χ0n) is 11.9. The van der Waals surface area contributed by atoms with Gasteiger partial charge in [0.25, 0.3) is 0 Å². The molecule has 0 spiro atoms. The first-order valence-electron chi connectivity index (χ1n) is 6.89. The average Bonchev–Trinajstić information content (AvgIpc) is 3.08. The molecule has 108 valence electrons. The van der Waals surface area contributed by atoms with Crippen LogP contribution in [0.1, 0.15) is 10.4 Å². The van der Waals surface area contributed by atoms with E-state index in [1.165, 1.54) is 0 Å². The lowest BCUT2D eigenvalue weighted by Crippen LogP contribution is -1.95. The Kier molecular flexibility index (Phi) is 2.56. The average molecular weight is 291 g/mol. The normalized spacial score (nSPS) is 11.3. The molecule has 0 amide bonds. The molecule has 22 heavy (non-hydrogen) atoms. The van der Waals surface area contributed by atoms with Gasteiger partial charge in [-0.25, -0.2) is 4.79 Å². The van der Waals surface area contributed by atoms with Crippen LogP contribution in [0.15, 0.2) is 48.9 Å². The number of aromatic amines is 1. The summed E-state index contributed by atoms with van der Waals surface area (Å²) in [6.07, 6.45) is 5.56. The molecule has 5 heteroatoms. The second kappa shape index (κ2) is 4.46. The summed E-state index contributed by atoms with van der Waals surface area (Å²) in [5, 5.41) is 11.2. The number of H-pyrrole nitrogens is 1. The van der Waals surface area contributed by atoms with Crippen molar-refractivity contribution in [3.8, 4) is 11.3 Å². The highest BCUT2D eigenvalue weighted by Gasteiger charge is 2.13. The number of fused-ring (bicyclic) bond motifs is 2. The van der Waals surface area contributed by atoms with Crippen molar-refractivity contribution in [2.24, 2.45) is 7.05 Å². The highest BCUT2D eigenvalue weighted by molar-refractivity contribution is 6.01. The van der Waals surface area contributed by atoms with Crippen LogP contribution in [-0.4, -0.2) is 25.6 Å². The first kappa shape index (κ1) is 12.6. The van der Waals surface area contributed by atoms with Crippen LogP contribution in [0.3, 0.4) is 0 Å². The summed E-state index contributed by atoms with van der Waals surface area (Å²) in [6.45, 7) is 0. The number of rotatable bonds is 2. The molecule has 0 fully saturated rings. The van der Waals surface area contributed by atoms with E-state index in [4.69, 9.17) is 0 Å². The predicted octanol–water partition coefficient (Wildman–Crippen LogP) is 3.42. The quantitative estimate of drug-likeness (QED) is 0.594. The standard InChI is InChI=1S/C17H13N3O2/c1-20-9-13(12-6-10(17(21)22)2-3-16(12)20)15-7-11-8-18-5-4-14(11)19-15/h2-9,19H,1H3,(H,21,22). The van der Waals surface area contributed by atoms with Crippen molar-refractivity contribution < 1.29 is 9.90 Å². The smallest absolute Gasteiger partial charge is 0.335 e. The number of carboxylic acids is 1. The van der Waals surface area contributed by atoms with Crippen LogP contribution in [0.25, 0.3) is 33.1 Å². The van der Waals surface area contributed by atoms with Crippen molar-refractivity contribution >= 4 is 27.8 Å². The van der Waals surface area contributed by atoms with Gasteiger partial charge in [0.15, 0.2) is 0 Å². The van der Waals surface area contributed by atoms with E-state index in [-0.39, 0.29) is 5.56 Å². The van der Waals surface area contributed by atoms with Gasteiger partial charge in [-0.2, -0.15) is 0 Å². The highest BCUT2D eigenvalue weighted by atomic mass is 16.4. The molecular formula is C17H13N3O2. The van der Waals surface area contributed by atoms with E-state index in [0.29, 0.717) is 0 Å². The van der Waals surface area contributed by atoms with Crippen LogP contribution >= 0.6 is 0 Å². The number of aryl methyl sites for hydroxylation is 1. The van der Waals surface area contributed by atoms with E-state index in [0.717, 1.165) is 33.1 Å². The minimum Gasteiger partial charge on any atom is -0.478 e. The number of aromatic carboxylic acids is 1. The Balaban J connectivity index is 2.00. The van der Waals surface area contributed by atoms with Gasteiger partial charge < -0.3 is 14.7 Å². The maximum absolute atomic E-state index is 11.2. The second-order valence-electron chi connectivity index (χ2n) is 5.34. The SMILES string of the molecule is Cn1cc(-c2cc3cnccc3[nH]2)c2cc(C(=O)O)ccc21. The fraction of sp³-hybridized carbons (Fsp3) is 0.0588. The predicted molar refractivity (Wildman–Crippen MR) is 85.0 cm³/mol.